The number of rotatable bonds is 3. The second kappa shape index (κ2) is 11.1. The van der Waals surface area contributed by atoms with Gasteiger partial charge >= 0.3 is 0 Å². The van der Waals surface area contributed by atoms with Crippen molar-refractivity contribution in [2.24, 2.45) is 0 Å². The Balaban J connectivity index is 1.03. The van der Waals surface area contributed by atoms with Crippen LogP contribution < -0.4 is 4.74 Å². The highest BCUT2D eigenvalue weighted by Crippen LogP contribution is 2.49. The number of nitrogens with zero attached hydrogens (tertiary/aromatic N) is 3. The number of furan rings is 1. The summed E-state index contributed by atoms with van der Waals surface area (Å²) in [7, 11) is 0. The van der Waals surface area contributed by atoms with Crippen LogP contribution in [0.15, 0.2) is 150 Å². The standard InChI is InChI=1S/C49H33N3O2/c50-28-30-20-21-32(52-39-17-6-2-13-34(39)47-41(52)23-25-45-49(47)36-15-4-8-19-43(36)54-45)27-37(30)29-10-9-11-31(26-29)51-38-16-5-1-12-33(38)46-40(51)22-24-44-48(46)35-14-3-7-18-42(35)53-44/h1-4,6-15,17-20,22-27,32,35,42H,5,16,21H2. The minimum absolute atomic E-state index is 0.0113. The molecule has 5 heteroatoms. The van der Waals surface area contributed by atoms with Crippen molar-refractivity contribution in [3.8, 4) is 17.5 Å². The van der Waals surface area contributed by atoms with Crippen molar-refractivity contribution in [1.29, 1.82) is 5.26 Å². The maximum absolute atomic E-state index is 10.5. The summed E-state index contributed by atoms with van der Waals surface area (Å²) < 4.78 is 17.7. The number of hydrogen-bond acceptors (Lipinski definition) is 3. The molecule has 3 unspecified atom stereocenters. The Labute approximate surface area is 311 Å². The van der Waals surface area contributed by atoms with Crippen LogP contribution in [-0.4, -0.2) is 15.2 Å². The summed E-state index contributed by atoms with van der Waals surface area (Å²) in [6, 6.07) is 37.1. The zero-order valence-electron chi connectivity index (χ0n) is 29.4. The van der Waals surface area contributed by atoms with E-state index in [9.17, 15) is 5.26 Å². The molecule has 0 saturated carbocycles. The van der Waals surface area contributed by atoms with Crippen molar-refractivity contribution in [3.63, 3.8) is 0 Å². The Morgan fingerprint density at radius 3 is 2.57 bits per heavy atom. The van der Waals surface area contributed by atoms with Crippen molar-refractivity contribution in [2.45, 2.75) is 37.3 Å². The van der Waals surface area contributed by atoms with Crippen LogP contribution in [-0.2, 0) is 6.42 Å². The third kappa shape index (κ3) is 4.03. The molecule has 1 aliphatic heterocycles. The highest BCUT2D eigenvalue weighted by molar-refractivity contribution is 6.27. The lowest BCUT2D eigenvalue weighted by molar-refractivity contribution is 0.269. The van der Waals surface area contributed by atoms with Gasteiger partial charge in [0.1, 0.15) is 23.0 Å². The molecule has 0 amide bonds. The van der Waals surface area contributed by atoms with Gasteiger partial charge < -0.3 is 18.3 Å². The number of para-hydroxylation sites is 2. The zero-order chi connectivity index (χ0) is 35.5. The first-order valence-corrected chi connectivity index (χ1v) is 18.9. The Morgan fingerprint density at radius 1 is 0.759 bits per heavy atom. The monoisotopic (exact) mass is 695 g/mol. The lowest BCUT2D eigenvalue weighted by Crippen LogP contribution is -2.15. The largest absolute Gasteiger partial charge is 0.485 e. The molecule has 4 aliphatic rings. The van der Waals surface area contributed by atoms with E-state index in [1.54, 1.807) is 0 Å². The highest BCUT2D eigenvalue weighted by Gasteiger charge is 2.36. The van der Waals surface area contributed by atoms with Crippen LogP contribution in [0.3, 0.4) is 0 Å². The Kier molecular flexibility index (Phi) is 6.13. The fraction of sp³-hybridized carbons (Fsp3) is 0.122. The molecule has 4 heterocycles. The van der Waals surface area contributed by atoms with Crippen LogP contribution in [0.2, 0.25) is 0 Å². The molecule has 5 nitrogen and oxygen atoms in total. The number of ether oxygens (including phenoxy) is 1. The summed E-state index contributed by atoms with van der Waals surface area (Å²) in [4.78, 5) is 0. The minimum atomic E-state index is 0.0113. The van der Waals surface area contributed by atoms with Crippen LogP contribution >= 0.6 is 0 Å². The topological polar surface area (TPSA) is 56.0 Å². The summed E-state index contributed by atoms with van der Waals surface area (Å²) in [6.45, 7) is 0. The summed E-state index contributed by atoms with van der Waals surface area (Å²) in [6.07, 6.45) is 20.5. The van der Waals surface area contributed by atoms with Crippen molar-refractivity contribution < 1.29 is 9.15 Å². The van der Waals surface area contributed by atoms with E-state index in [-0.39, 0.29) is 18.1 Å². The normalized spacial score (nSPS) is 19.9. The van der Waals surface area contributed by atoms with Crippen molar-refractivity contribution >= 4 is 66.3 Å². The van der Waals surface area contributed by atoms with Gasteiger partial charge in [0, 0.05) is 60.9 Å². The van der Waals surface area contributed by atoms with Crippen LogP contribution in [0.25, 0.3) is 72.0 Å². The molecule has 0 spiro atoms. The van der Waals surface area contributed by atoms with Crippen LogP contribution in [0, 0.1) is 11.3 Å². The van der Waals surface area contributed by atoms with E-state index >= 15 is 0 Å². The highest BCUT2D eigenvalue weighted by atomic mass is 16.5. The van der Waals surface area contributed by atoms with Crippen LogP contribution in [0.4, 0.5) is 0 Å². The maximum Gasteiger partial charge on any atom is 0.136 e. The van der Waals surface area contributed by atoms with Crippen molar-refractivity contribution in [1.82, 2.24) is 9.13 Å². The van der Waals surface area contributed by atoms with Crippen LogP contribution in [0.1, 0.15) is 47.2 Å². The number of hydrogen-bond donors (Lipinski definition) is 0. The molecule has 8 aromatic rings. The molecule has 0 fully saturated rings. The van der Waals surface area contributed by atoms with Gasteiger partial charge in [-0.25, -0.2) is 0 Å². The first-order chi connectivity index (χ1) is 26.7. The number of benzene rings is 5. The van der Waals surface area contributed by atoms with E-state index in [0.29, 0.717) is 5.57 Å². The zero-order valence-corrected chi connectivity index (χ0v) is 29.4. The summed E-state index contributed by atoms with van der Waals surface area (Å²) in [5.74, 6) is 1.18. The summed E-state index contributed by atoms with van der Waals surface area (Å²) >= 11 is 0. The molecule has 54 heavy (non-hydrogen) atoms. The quantitative estimate of drug-likeness (QED) is 0.185. The molecule has 3 atom stereocenters. The molecule has 0 bridgehead atoms. The smallest absolute Gasteiger partial charge is 0.136 e. The summed E-state index contributed by atoms with van der Waals surface area (Å²) in [5, 5.41) is 16.5. The SMILES string of the molecule is N#CC1=CCC(n2c3ccccc3c3c4c(ccc32)oc2ccccc24)C=C1c1cccc(-n2c3c(c4c5c(ccc42)OC2C=CC=CC52)C=CCC3)c1. The van der Waals surface area contributed by atoms with Crippen molar-refractivity contribution in [3.05, 3.63) is 168 Å². The maximum atomic E-state index is 10.5. The predicted molar refractivity (Wildman–Crippen MR) is 218 cm³/mol. The first kappa shape index (κ1) is 29.8. The van der Waals surface area contributed by atoms with E-state index < -0.39 is 0 Å². The van der Waals surface area contributed by atoms with E-state index in [4.69, 9.17) is 9.15 Å². The fourth-order valence-electron chi connectivity index (χ4n) is 9.86. The molecule has 0 radical (unpaired) electrons. The second-order valence-corrected chi connectivity index (χ2v) is 14.9. The van der Waals surface area contributed by atoms with Gasteiger partial charge in [-0.05, 0) is 85.0 Å². The van der Waals surface area contributed by atoms with E-state index in [2.05, 4.69) is 149 Å². The van der Waals surface area contributed by atoms with E-state index in [0.717, 1.165) is 63.8 Å². The molecule has 12 rings (SSSR count). The van der Waals surface area contributed by atoms with Crippen molar-refractivity contribution in [2.75, 3.05) is 0 Å². The number of allylic oxidation sites excluding steroid dienone is 7. The van der Waals surface area contributed by atoms with E-state index in [1.165, 1.54) is 49.5 Å². The average Bonchev–Trinajstić information content (AvgIpc) is 3.98. The lowest BCUT2D eigenvalue weighted by Gasteiger charge is -2.23. The van der Waals surface area contributed by atoms with Gasteiger partial charge in [-0.2, -0.15) is 5.26 Å². The Morgan fingerprint density at radius 2 is 1.63 bits per heavy atom. The molecular formula is C49H33N3O2. The second-order valence-electron chi connectivity index (χ2n) is 14.9. The van der Waals surface area contributed by atoms with Gasteiger partial charge in [-0.15, -0.1) is 0 Å². The average molecular weight is 696 g/mol. The fourth-order valence-corrected chi connectivity index (χ4v) is 9.86. The molecule has 3 aliphatic carbocycles. The van der Waals surface area contributed by atoms with Gasteiger partial charge in [0.15, 0.2) is 0 Å². The third-order valence-corrected chi connectivity index (χ3v) is 12.1. The molecule has 256 valence electrons. The van der Waals surface area contributed by atoms with Gasteiger partial charge in [-0.3, -0.25) is 0 Å². The summed E-state index contributed by atoms with van der Waals surface area (Å²) in [5.41, 5.74) is 13.1. The predicted octanol–water partition coefficient (Wildman–Crippen LogP) is 12.0. The lowest BCUT2D eigenvalue weighted by atomic mass is 9.88. The van der Waals surface area contributed by atoms with Gasteiger partial charge in [0.2, 0.25) is 0 Å². The first-order valence-electron chi connectivity index (χ1n) is 18.9. The molecule has 5 aromatic carbocycles. The Bertz CT molecular complexity index is 3150. The number of aromatic nitrogens is 2. The van der Waals surface area contributed by atoms with Gasteiger partial charge in [0.05, 0.1) is 28.7 Å². The van der Waals surface area contributed by atoms with Gasteiger partial charge in [-0.1, -0.05) is 91.1 Å². The number of nitriles is 1. The van der Waals surface area contributed by atoms with Gasteiger partial charge in [0.25, 0.3) is 0 Å². The third-order valence-electron chi connectivity index (χ3n) is 12.1. The molecule has 3 aromatic heterocycles. The van der Waals surface area contributed by atoms with E-state index in [1.807, 2.05) is 12.1 Å². The number of fused-ring (bicyclic) bond motifs is 14. The molecular weight excluding hydrogens is 663 g/mol. The minimum Gasteiger partial charge on any atom is -0.485 e. The van der Waals surface area contributed by atoms with Crippen LogP contribution in [0.5, 0.6) is 5.75 Å². The molecule has 0 N–H and O–H groups in total. The Hall–Kier alpha value is -6.77. The molecule has 0 saturated heterocycles.